The van der Waals surface area contributed by atoms with Gasteiger partial charge in [0, 0.05) is 23.3 Å². The number of pyridine rings is 1. The van der Waals surface area contributed by atoms with E-state index in [2.05, 4.69) is 10.3 Å². The second-order valence-electron chi connectivity index (χ2n) is 4.62. The number of rotatable bonds is 1. The first kappa shape index (κ1) is 10.7. The van der Waals surface area contributed by atoms with E-state index in [1.54, 1.807) is 12.4 Å². The molecule has 3 heteroatoms. The third-order valence-corrected chi connectivity index (χ3v) is 3.55. The molecular weight excluding hydrogens is 215 g/mol. The van der Waals surface area contributed by atoms with Gasteiger partial charge in [-0.3, -0.25) is 4.98 Å². The van der Waals surface area contributed by atoms with Crippen LogP contribution in [0, 0.1) is 0 Å². The van der Waals surface area contributed by atoms with E-state index in [1.165, 1.54) is 0 Å². The van der Waals surface area contributed by atoms with Gasteiger partial charge in [0.1, 0.15) is 5.67 Å². The molecule has 2 heterocycles. The van der Waals surface area contributed by atoms with Crippen molar-refractivity contribution in [3.05, 3.63) is 42.2 Å². The molecule has 1 aromatic heterocycles. The summed E-state index contributed by atoms with van der Waals surface area (Å²) in [5, 5.41) is 5.20. The zero-order chi connectivity index (χ0) is 11.7. The third kappa shape index (κ3) is 1.80. The Morgan fingerprint density at radius 3 is 2.71 bits per heavy atom. The van der Waals surface area contributed by atoms with Crippen LogP contribution in [0.1, 0.15) is 18.4 Å². The fourth-order valence-electron chi connectivity index (χ4n) is 2.57. The van der Waals surface area contributed by atoms with Gasteiger partial charge in [0.05, 0.1) is 0 Å². The minimum Gasteiger partial charge on any atom is -0.316 e. The molecule has 1 fully saturated rings. The number of piperidine rings is 1. The molecule has 0 atom stereocenters. The highest BCUT2D eigenvalue weighted by Gasteiger charge is 2.35. The van der Waals surface area contributed by atoms with Gasteiger partial charge in [0.25, 0.3) is 0 Å². The van der Waals surface area contributed by atoms with E-state index >= 15 is 0 Å². The number of fused-ring (bicyclic) bond motifs is 1. The van der Waals surface area contributed by atoms with E-state index in [0.717, 1.165) is 29.4 Å². The van der Waals surface area contributed by atoms with Crippen molar-refractivity contribution in [3.63, 3.8) is 0 Å². The van der Waals surface area contributed by atoms with E-state index in [9.17, 15) is 4.39 Å². The topological polar surface area (TPSA) is 24.9 Å². The van der Waals surface area contributed by atoms with Crippen molar-refractivity contribution in [3.8, 4) is 0 Å². The number of nitrogens with one attached hydrogen (secondary N) is 1. The van der Waals surface area contributed by atoms with E-state index in [4.69, 9.17) is 0 Å². The lowest BCUT2D eigenvalue weighted by Gasteiger charge is -2.31. The highest BCUT2D eigenvalue weighted by atomic mass is 19.1. The molecule has 1 aliphatic heterocycles. The molecule has 88 valence electrons. The number of hydrogen-bond donors (Lipinski definition) is 1. The van der Waals surface area contributed by atoms with Crippen molar-refractivity contribution < 1.29 is 4.39 Å². The number of nitrogens with zero attached hydrogens (tertiary/aromatic N) is 1. The summed E-state index contributed by atoms with van der Waals surface area (Å²) in [6.07, 6.45) is 4.54. The molecule has 1 N–H and O–H groups in total. The second-order valence-corrected chi connectivity index (χ2v) is 4.62. The molecule has 0 amide bonds. The van der Waals surface area contributed by atoms with Crippen LogP contribution in [0.15, 0.2) is 36.7 Å². The normalized spacial score (nSPS) is 19.4. The van der Waals surface area contributed by atoms with Gasteiger partial charge in [-0.05, 0) is 31.3 Å². The lowest BCUT2D eigenvalue weighted by atomic mass is 9.85. The van der Waals surface area contributed by atoms with Crippen LogP contribution in [-0.2, 0) is 5.67 Å². The van der Waals surface area contributed by atoms with Crippen molar-refractivity contribution in [1.82, 2.24) is 10.3 Å². The van der Waals surface area contributed by atoms with Crippen molar-refractivity contribution in [2.45, 2.75) is 18.5 Å². The van der Waals surface area contributed by atoms with Crippen molar-refractivity contribution >= 4 is 10.8 Å². The Bertz CT molecular complexity index is 527. The fourth-order valence-corrected chi connectivity index (χ4v) is 2.57. The molecule has 1 aromatic carbocycles. The molecule has 1 saturated heterocycles. The Kier molecular flexibility index (Phi) is 2.56. The van der Waals surface area contributed by atoms with Crippen molar-refractivity contribution in [2.75, 3.05) is 13.1 Å². The zero-order valence-corrected chi connectivity index (χ0v) is 9.62. The minimum atomic E-state index is -1.22. The number of halogens is 1. The standard InChI is InChI=1S/C14H15FN2/c15-14(5-7-16-8-6-14)13-10-17-9-11-3-1-2-4-12(11)13/h1-4,9-10,16H,5-8H2. The molecule has 0 radical (unpaired) electrons. The maximum atomic E-state index is 15.0. The van der Waals surface area contributed by atoms with Gasteiger partial charge >= 0.3 is 0 Å². The van der Waals surface area contributed by atoms with Gasteiger partial charge in [-0.25, -0.2) is 4.39 Å². The summed E-state index contributed by atoms with van der Waals surface area (Å²) in [5.74, 6) is 0. The van der Waals surface area contributed by atoms with Gasteiger partial charge in [-0.1, -0.05) is 24.3 Å². The summed E-state index contributed by atoms with van der Waals surface area (Å²) < 4.78 is 15.0. The highest BCUT2D eigenvalue weighted by Crippen LogP contribution is 2.38. The molecule has 3 rings (SSSR count). The molecule has 1 aliphatic rings. The SMILES string of the molecule is FC1(c2cncc3ccccc23)CCNCC1. The van der Waals surface area contributed by atoms with Crippen LogP contribution in [-0.4, -0.2) is 18.1 Å². The summed E-state index contributed by atoms with van der Waals surface area (Å²) in [7, 11) is 0. The smallest absolute Gasteiger partial charge is 0.140 e. The Morgan fingerprint density at radius 1 is 1.12 bits per heavy atom. The predicted molar refractivity (Wildman–Crippen MR) is 66.6 cm³/mol. The lowest BCUT2D eigenvalue weighted by Crippen LogP contribution is -2.36. The first-order chi connectivity index (χ1) is 8.30. The number of alkyl halides is 1. The van der Waals surface area contributed by atoms with Crippen LogP contribution >= 0.6 is 0 Å². The summed E-state index contributed by atoms with van der Waals surface area (Å²) >= 11 is 0. The largest absolute Gasteiger partial charge is 0.316 e. The summed E-state index contributed by atoms with van der Waals surface area (Å²) in [6, 6.07) is 7.88. The fraction of sp³-hybridized carbons (Fsp3) is 0.357. The molecule has 2 aromatic rings. The maximum absolute atomic E-state index is 15.0. The highest BCUT2D eigenvalue weighted by molar-refractivity contribution is 5.85. The molecule has 0 spiro atoms. The minimum absolute atomic E-state index is 0.530. The Labute approximate surface area is 99.9 Å². The van der Waals surface area contributed by atoms with Gasteiger partial charge in [0.2, 0.25) is 0 Å². The summed E-state index contributed by atoms with van der Waals surface area (Å²) in [6.45, 7) is 1.47. The maximum Gasteiger partial charge on any atom is 0.140 e. The molecule has 0 aliphatic carbocycles. The molecule has 17 heavy (non-hydrogen) atoms. The van der Waals surface area contributed by atoms with Crippen LogP contribution in [0.25, 0.3) is 10.8 Å². The molecule has 2 nitrogen and oxygen atoms in total. The first-order valence-electron chi connectivity index (χ1n) is 6.02. The first-order valence-corrected chi connectivity index (χ1v) is 6.02. The number of benzene rings is 1. The molecule has 0 saturated carbocycles. The Balaban J connectivity index is 2.16. The second kappa shape index (κ2) is 4.08. The van der Waals surface area contributed by atoms with Crippen LogP contribution in [0.4, 0.5) is 4.39 Å². The van der Waals surface area contributed by atoms with Gasteiger partial charge < -0.3 is 5.32 Å². The van der Waals surface area contributed by atoms with E-state index < -0.39 is 5.67 Å². The van der Waals surface area contributed by atoms with Crippen LogP contribution < -0.4 is 5.32 Å². The lowest BCUT2D eigenvalue weighted by molar-refractivity contribution is 0.116. The van der Waals surface area contributed by atoms with Gasteiger partial charge in [-0.2, -0.15) is 0 Å². The van der Waals surface area contributed by atoms with Crippen molar-refractivity contribution in [1.29, 1.82) is 0 Å². The average molecular weight is 230 g/mol. The molecular formula is C14H15FN2. The van der Waals surface area contributed by atoms with Crippen LogP contribution in [0.5, 0.6) is 0 Å². The van der Waals surface area contributed by atoms with Crippen LogP contribution in [0.3, 0.4) is 0 Å². The summed E-state index contributed by atoms with van der Waals surface area (Å²) in [5.41, 5.74) is -0.476. The third-order valence-electron chi connectivity index (χ3n) is 3.55. The van der Waals surface area contributed by atoms with Gasteiger partial charge in [-0.15, -0.1) is 0 Å². The van der Waals surface area contributed by atoms with E-state index in [1.807, 2.05) is 24.3 Å². The number of hydrogen-bond acceptors (Lipinski definition) is 2. The van der Waals surface area contributed by atoms with E-state index in [0.29, 0.717) is 12.8 Å². The molecule has 0 bridgehead atoms. The van der Waals surface area contributed by atoms with Gasteiger partial charge in [0.15, 0.2) is 0 Å². The van der Waals surface area contributed by atoms with Crippen LogP contribution in [0.2, 0.25) is 0 Å². The Hall–Kier alpha value is -1.48. The van der Waals surface area contributed by atoms with Crippen molar-refractivity contribution in [2.24, 2.45) is 0 Å². The zero-order valence-electron chi connectivity index (χ0n) is 9.62. The van der Waals surface area contributed by atoms with E-state index in [-0.39, 0.29) is 0 Å². The molecule has 0 unspecified atom stereocenters. The Morgan fingerprint density at radius 2 is 1.88 bits per heavy atom. The quantitative estimate of drug-likeness (QED) is 0.814. The monoisotopic (exact) mass is 230 g/mol. The summed E-state index contributed by atoms with van der Waals surface area (Å²) in [4.78, 5) is 4.17. The number of aromatic nitrogens is 1. The average Bonchev–Trinajstić information content (AvgIpc) is 2.39. The predicted octanol–water partition coefficient (Wildman–Crippen LogP) is 2.78.